The van der Waals surface area contributed by atoms with Crippen molar-refractivity contribution in [3.05, 3.63) is 48.0 Å². The highest BCUT2D eigenvalue weighted by Crippen LogP contribution is 2.30. The van der Waals surface area contributed by atoms with Crippen LogP contribution in [-0.4, -0.2) is 36.5 Å². The lowest BCUT2D eigenvalue weighted by Gasteiger charge is -2.16. The zero-order valence-corrected chi connectivity index (χ0v) is 16.1. The molecule has 0 aliphatic carbocycles. The average molecular weight is 383 g/mol. The van der Waals surface area contributed by atoms with Crippen LogP contribution in [-0.2, 0) is 4.79 Å². The number of ether oxygens (including phenoxy) is 3. The van der Waals surface area contributed by atoms with Crippen molar-refractivity contribution in [3.63, 3.8) is 0 Å². The van der Waals surface area contributed by atoms with Gasteiger partial charge in [0.15, 0.2) is 23.3 Å². The third kappa shape index (κ3) is 4.06. The molecule has 8 nitrogen and oxygen atoms in total. The topological polar surface area (TPSA) is 95.7 Å². The summed E-state index contributed by atoms with van der Waals surface area (Å²) in [5.74, 6) is 1.56. The Morgan fingerprint density at radius 2 is 1.82 bits per heavy atom. The van der Waals surface area contributed by atoms with Crippen molar-refractivity contribution in [2.45, 2.75) is 20.0 Å². The smallest absolute Gasteiger partial charge is 0.266 e. The maximum Gasteiger partial charge on any atom is 0.266 e. The summed E-state index contributed by atoms with van der Waals surface area (Å²) in [5, 5.41) is 10.4. The lowest BCUT2D eigenvalue weighted by Crippen LogP contribution is -2.30. The third-order valence-corrected chi connectivity index (χ3v) is 4.16. The van der Waals surface area contributed by atoms with Crippen molar-refractivity contribution < 1.29 is 23.6 Å². The molecule has 146 valence electrons. The van der Waals surface area contributed by atoms with Crippen LogP contribution in [0.5, 0.6) is 17.2 Å². The Balaban J connectivity index is 1.76. The number of amides is 1. The van der Waals surface area contributed by atoms with E-state index in [4.69, 9.17) is 18.8 Å². The molecule has 0 saturated heterocycles. The van der Waals surface area contributed by atoms with E-state index in [1.165, 1.54) is 7.11 Å². The molecule has 0 radical (unpaired) electrons. The number of nitrogens with one attached hydrogen (secondary N) is 1. The minimum absolute atomic E-state index is 0.216. The van der Waals surface area contributed by atoms with Gasteiger partial charge in [-0.25, -0.2) is 4.63 Å². The number of rotatable bonds is 7. The van der Waals surface area contributed by atoms with Crippen LogP contribution in [0.3, 0.4) is 0 Å². The molecule has 0 aliphatic heterocycles. The summed E-state index contributed by atoms with van der Waals surface area (Å²) in [6.45, 7) is 3.54. The number of aromatic nitrogens is 2. The molecule has 3 rings (SSSR count). The second kappa shape index (κ2) is 8.43. The van der Waals surface area contributed by atoms with Crippen molar-refractivity contribution in [1.29, 1.82) is 0 Å². The number of benzene rings is 2. The summed E-state index contributed by atoms with van der Waals surface area (Å²) < 4.78 is 21.0. The van der Waals surface area contributed by atoms with Gasteiger partial charge in [-0.15, -0.1) is 0 Å². The Morgan fingerprint density at radius 3 is 2.50 bits per heavy atom. The highest BCUT2D eigenvalue weighted by Gasteiger charge is 2.22. The zero-order chi connectivity index (χ0) is 20.1. The van der Waals surface area contributed by atoms with Gasteiger partial charge >= 0.3 is 0 Å². The number of carbonyl (C=O) groups excluding carboxylic acids is 1. The summed E-state index contributed by atoms with van der Waals surface area (Å²) in [7, 11) is 3.14. The summed E-state index contributed by atoms with van der Waals surface area (Å²) in [6, 6.07) is 12.6. The standard InChI is InChI=1S/C20H21N3O5/c1-12-11-14(25-3)9-10-15(12)18-19(23-28-22-18)21-20(24)13(2)27-17-8-6-5-7-16(17)26-4/h5-11,13H,1-4H3,(H,21,23,24). The van der Waals surface area contributed by atoms with Crippen molar-refractivity contribution >= 4 is 11.7 Å². The molecule has 3 aromatic rings. The molecule has 1 amide bonds. The third-order valence-electron chi connectivity index (χ3n) is 4.16. The van der Waals surface area contributed by atoms with E-state index in [2.05, 4.69) is 15.6 Å². The number of methoxy groups -OCH3 is 2. The van der Waals surface area contributed by atoms with Crippen molar-refractivity contribution in [2.75, 3.05) is 19.5 Å². The van der Waals surface area contributed by atoms with E-state index in [1.807, 2.05) is 25.1 Å². The van der Waals surface area contributed by atoms with Crippen molar-refractivity contribution in [3.8, 4) is 28.5 Å². The van der Waals surface area contributed by atoms with Gasteiger partial charge in [0.1, 0.15) is 5.75 Å². The lowest BCUT2D eigenvalue weighted by atomic mass is 10.1. The van der Waals surface area contributed by atoms with Gasteiger partial charge < -0.3 is 19.5 Å². The fourth-order valence-electron chi connectivity index (χ4n) is 2.65. The van der Waals surface area contributed by atoms with Gasteiger partial charge in [-0.2, -0.15) is 0 Å². The summed E-state index contributed by atoms with van der Waals surface area (Å²) in [5.41, 5.74) is 2.11. The number of hydrogen-bond acceptors (Lipinski definition) is 7. The van der Waals surface area contributed by atoms with E-state index in [0.717, 1.165) is 16.9 Å². The van der Waals surface area contributed by atoms with Gasteiger partial charge in [0.2, 0.25) is 5.82 Å². The quantitative estimate of drug-likeness (QED) is 0.667. The molecule has 8 heteroatoms. The highest BCUT2D eigenvalue weighted by atomic mass is 16.6. The van der Waals surface area contributed by atoms with Crippen LogP contribution >= 0.6 is 0 Å². The highest BCUT2D eigenvalue weighted by molar-refractivity contribution is 5.96. The minimum atomic E-state index is -0.794. The Kier molecular flexibility index (Phi) is 5.78. The fourth-order valence-corrected chi connectivity index (χ4v) is 2.65. The number of para-hydroxylation sites is 2. The van der Waals surface area contributed by atoms with Gasteiger partial charge in [0, 0.05) is 5.56 Å². The molecule has 0 bridgehead atoms. The predicted octanol–water partition coefficient (Wildman–Crippen LogP) is 3.47. The number of nitrogens with zero attached hydrogens (tertiary/aromatic N) is 2. The largest absolute Gasteiger partial charge is 0.497 e. The van der Waals surface area contributed by atoms with Gasteiger partial charge in [-0.3, -0.25) is 4.79 Å². The Labute approximate surface area is 162 Å². The van der Waals surface area contributed by atoms with E-state index >= 15 is 0 Å². The van der Waals surface area contributed by atoms with E-state index in [-0.39, 0.29) is 5.82 Å². The molecular weight excluding hydrogens is 362 g/mol. The summed E-state index contributed by atoms with van der Waals surface area (Å²) >= 11 is 0. The lowest BCUT2D eigenvalue weighted by molar-refractivity contribution is -0.122. The molecule has 2 aromatic carbocycles. The molecule has 0 spiro atoms. The first kappa shape index (κ1) is 19.2. The maximum absolute atomic E-state index is 12.6. The van der Waals surface area contributed by atoms with E-state index < -0.39 is 12.0 Å². The van der Waals surface area contributed by atoms with E-state index in [9.17, 15) is 4.79 Å². The van der Waals surface area contributed by atoms with Crippen molar-refractivity contribution in [1.82, 2.24) is 10.3 Å². The van der Waals surface area contributed by atoms with Gasteiger partial charge in [-0.1, -0.05) is 12.1 Å². The molecule has 1 N–H and O–H groups in total. The monoisotopic (exact) mass is 383 g/mol. The number of anilines is 1. The van der Waals surface area contributed by atoms with Crippen LogP contribution < -0.4 is 19.5 Å². The molecule has 0 fully saturated rings. The maximum atomic E-state index is 12.6. The molecule has 1 unspecified atom stereocenters. The fraction of sp³-hybridized carbons (Fsp3) is 0.250. The number of hydrogen-bond donors (Lipinski definition) is 1. The van der Waals surface area contributed by atoms with E-state index in [1.54, 1.807) is 38.3 Å². The first-order chi connectivity index (χ1) is 13.5. The number of aryl methyl sites for hydroxylation is 1. The van der Waals surface area contributed by atoms with Crippen LogP contribution in [0.15, 0.2) is 47.1 Å². The van der Waals surface area contributed by atoms with Crippen LogP contribution in [0.4, 0.5) is 5.82 Å². The molecular formula is C20H21N3O5. The summed E-state index contributed by atoms with van der Waals surface area (Å²) in [4.78, 5) is 12.6. The zero-order valence-electron chi connectivity index (χ0n) is 16.1. The van der Waals surface area contributed by atoms with Crippen LogP contribution in [0.2, 0.25) is 0 Å². The molecule has 0 aliphatic rings. The molecule has 0 saturated carbocycles. The Bertz CT molecular complexity index is 970. The molecule has 1 heterocycles. The van der Waals surface area contributed by atoms with E-state index in [0.29, 0.717) is 17.2 Å². The second-order valence-electron chi connectivity index (χ2n) is 6.04. The normalized spacial score (nSPS) is 11.6. The van der Waals surface area contributed by atoms with Gasteiger partial charge in [-0.05, 0) is 60.1 Å². The SMILES string of the molecule is COc1ccc(-c2nonc2NC(=O)C(C)Oc2ccccc2OC)c(C)c1. The van der Waals surface area contributed by atoms with Crippen LogP contribution in [0, 0.1) is 6.92 Å². The number of carbonyl (C=O) groups is 1. The van der Waals surface area contributed by atoms with Crippen molar-refractivity contribution in [2.24, 2.45) is 0 Å². The van der Waals surface area contributed by atoms with Crippen LogP contribution in [0.25, 0.3) is 11.3 Å². The molecule has 1 aromatic heterocycles. The summed E-state index contributed by atoms with van der Waals surface area (Å²) in [6.07, 6.45) is -0.794. The van der Waals surface area contributed by atoms with Gasteiger partial charge in [0.05, 0.1) is 14.2 Å². The molecule has 28 heavy (non-hydrogen) atoms. The minimum Gasteiger partial charge on any atom is -0.497 e. The predicted molar refractivity (Wildman–Crippen MR) is 103 cm³/mol. The Morgan fingerprint density at radius 1 is 1.07 bits per heavy atom. The van der Waals surface area contributed by atoms with Crippen LogP contribution in [0.1, 0.15) is 12.5 Å². The average Bonchev–Trinajstić information content (AvgIpc) is 3.15. The van der Waals surface area contributed by atoms with Gasteiger partial charge in [0.25, 0.3) is 5.91 Å². The second-order valence-corrected chi connectivity index (χ2v) is 6.04. The Hall–Kier alpha value is -3.55. The molecule has 1 atom stereocenters. The first-order valence-corrected chi connectivity index (χ1v) is 8.61. The first-order valence-electron chi connectivity index (χ1n) is 8.61.